The summed E-state index contributed by atoms with van der Waals surface area (Å²) in [5.41, 5.74) is 0. The van der Waals surface area contributed by atoms with Crippen molar-refractivity contribution in [1.29, 1.82) is 0 Å². The number of aliphatic hydroxyl groups is 5. The first-order valence-corrected chi connectivity index (χ1v) is 29.9. The van der Waals surface area contributed by atoms with Gasteiger partial charge in [-0.1, -0.05) is 206 Å². The average Bonchev–Trinajstić information content (AvgIpc) is 3.39. The van der Waals surface area contributed by atoms with Gasteiger partial charge in [0.15, 0.2) is 0 Å². The van der Waals surface area contributed by atoms with E-state index in [1.165, 1.54) is 38.5 Å². The van der Waals surface area contributed by atoms with E-state index in [0.29, 0.717) is 13.0 Å². The van der Waals surface area contributed by atoms with Crippen molar-refractivity contribution in [1.82, 2.24) is 0 Å². The standard InChI is InChI=1S/C61H101O12P/c1-3-5-7-9-11-13-15-17-19-21-23-25-27-29-31-33-35-37-39-41-43-45-47-49-51-70-52-54(53-71-74(68,69)73-61-59(66)57(64)56(63)58(65)60(61)67)72-55(62)50-48-46-44-42-40-38-36-34-32-30-28-26-24-22-20-18-16-14-12-10-8-6-4-2/h5-8,11-14,17-20,23-26,29,31,35,37,54,56-61,63-67H,3-4,9-10,15-16,21-22,27-28,30,32-34,36,38-53H2,1-2H3,(H,68,69)/b7-5-,8-6-,13-11-,14-12-,19-17-,20-18-,25-23-,26-24-,31-29-,37-35-. The van der Waals surface area contributed by atoms with Gasteiger partial charge in [0, 0.05) is 13.0 Å². The van der Waals surface area contributed by atoms with Crippen molar-refractivity contribution in [3.05, 3.63) is 122 Å². The first-order valence-electron chi connectivity index (χ1n) is 28.4. The number of hydrogen-bond donors (Lipinski definition) is 6. The van der Waals surface area contributed by atoms with Crippen molar-refractivity contribution in [2.45, 2.75) is 236 Å². The Morgan fingerprint density at radius 2 is 0.757 bits per heavy atom. The van der Waals surface area contributed by atoms with Crippen molar-refractivity contribution < 1.29 is 58.3 Å². The smallest absolute Gasteiger partial charge is 0.457 e. The Morgan fingerprint density at radius 3 is 1.15 bits per heavy atom. The molecule has 0 spiro atoms. The van der Waals surface area contributed by atoms with Gasteiger partial charge in [-0.25, -0.2) is 4.57 Å². The van der Waals surface area contributed by atoms with Crippen LogP contribution in [0, 0.1) is 0 Å². The minimum atomic E-state index is -5.04. The maximum absolute atomic E-state index is 12.9. The SMILES string of the molecule is CC/C=C\C/C=C\C/C=C\C/C=C\C/C=C\C/C=C\CCCCCCCOCC(COP(=O)(O)OC1C(O)C(O)C(O)C(O)C1O)OC(=O)CCCCCCCCCCCC/C=C\C/C=C\C/C=C\C/C=C\CC. The lowest BCUT2D eigenvalue weighted by Crippen LogP contribution is -2.64. The summed E-state index contributed by atoms with van der Waals surface area (Å²) in [5.74, 6) is -0.494. The number of carbonyl (C=O) groups is 1. The Labute approximate surface area is 448 Å². The molecule has 0 aromatic carbocycles. The van der Waals surface area contributed by atoms with E-state index in [2.05, 4.69) is 135 Å². The number of phosphoric ester groups is 1. The quantitative estimate of drug-likeness (QED) is 0.0146. The number of allylic oxidation sites excluding steroid dienone is 20. The Kier molecular flexibility index (Phi) is 45.8. The van der Waals surface area contributed by atoms with Crippen LogP contribution in [0.3, 0.4) is 0 Å². The molecular formula is C61H101O12P. The van der Waals surface area contributed by atoms with Crippen LogP contribution in [0.1, 0.15) is 194 Å². The van der Waals surface area contributed by atoms with Crippen molar-refractivity contribution in [2.75, 3.05) is 19.8 Å². The summed E-state index contributed by atoms with van der Waals surface area (Å²) < 4.78 is 34.4. The molecule has 1 rings (SSSR count). The minimum absolute atomic E-state index is 0.100. The number of hydrogen-bond acceptors (Lipinski definition) is 11. The summed E-state index contributed by atoms with van der Waals surface area (Å²) in [5, 5.41) is 50.4. The fraction of sp³-hybridized carbons (Fsp3) is 0.656. The number of unbranched alkanes of at least 4 members (excludes halogenated alkanes) is 15. The molecule has 0 bridgehead atoms. The first-order chi connectivity index (χ1) is 36.0. The largest absolute Gasteiger partial charge is 0.472 e. The van der Waals surface area contributed by atoms with E-state index in [1.807, 2.05) is 0 Å². The zero-order valence-electron chi connectivity index (χ0n) is 45.6. The molecule has 1 aliphatic carbocycles. The lowest BCUT2D eigenvalue weighted by molar-refractivity contribution is -0.220. The zero-order valence-corrected chi connectivity index (χ0v) is 46.5. The summed E-state index contributed by atoms with van der Waals surface area (Å²) in [7, 11) is -5.04. The van der Waals surface area contributed by atoms with Crippen molar-refractivity contribution >= 4 is 13.8 Å². The van der Waals surface area contributed by atoms with Gasteiger partial charge >= 0.3 is 13.8 Å². The van der Waals surface area contributed by atoms with E-state index >= 15 is 0 Å². The van der Waals surface area contributed by atoms with Crippen LogP contribution >= 0.6 is 7.82 Å². The molecule has 1 saturated carbocycles. The Morgan fingerprint density at radius 1 is 0.432 bits per heavy atom. The molecule has 422 valence electrons. The van der Waals surface area contributed by atoms with Gasteiger partial charge in [-0.15, -0.1) is 0 Å². The lowest BCUT2D eigenvalue weighted by atomic mass is 9.85. The zero-order chi connectivity index (χ0) is 54.0. The van der Waals surface area contributed by atoms with Gasteiger partial charge in [-0.3, -0.25) is 13.8 Å². The highest BCUT2D eigenvalue weighted by atomic mass is 31.2. The summed E-state index contributed by atoms with van der Waals surface area (Å²) in [6, 6.07) is 0. The number of ether oxygens (including phenoxy) is 2. The number of aliphatic hydroxyl groups excluding tert-OH is 5. The number of phosphoric acid groups is 1. The van der Waals surface area contributed by atoms with Crippen LogP contribution in [-0.2, 0) is 27.9 Å². The Balaban J connectivity index is 2.33. The topological polar surface area (TPSA) is 192 Å². The molecule has 74 heavy (non-hydrogen) atoms. The first kappa shape index (κ1) is 68.8. The lowest BCUT2D eigenvalue weighted by Gasteiger charge is -2.41. The average molecular weight is 1060 g/mol. The molecule has 0 aromatic heterocycles. The number of rotatable bonds is 47. The van der Waals surface area contributed by atoms with Crippen LogP contribution in [0.5, 0.6) is 0 Å². The molecule has 1 aliphatic rings. The second-order valence-corrected chi connectivity index (χ2v) is 20.4. The van der Waals surface area contributed by atoms with Gasteiger partial charge in [-0.2, -0.15) is 0 Å². The van der Waals surface area contributed by atoms with Gasteiger partial charge in [0.1, 0.15) is 42.7 Å². The molecule has 1 fully saturated rings. The van der Waals surface area contributed by atoms with Crippen LogP contribution in [0.25, 0.3) is 0 Å². The Bertz CT molecular complexity index is 1680. The van der Waals surface area contributed by atoms with Crippen LogP contribution in [0.2, 0.25) is 0 Å². The second-order valence-electron chi connectivity index (χ2n) is 19.0. The molecule has 0 aromatic rings. The summed E-state index contributed by atoms with van der Waals surface area (Å²) >= 11 is 0. The highest BCUT2D eigenvalue weighted by molar-refractivity contribution is 7.47. The normalized spacial score (nSPS) is 21.4. The van der Waals surface area contributed by atoms with E-state index < -0.39 is 63.1 Å². The van der Waals surface area contributed by atoms with Crippen molar-refractivity contribution in [3.63, 3.8) is 0 Å². The maximum Gasteiger partial charge on any atom is 0.472 e. The third-order valence-electron chi connectivity index (χ3n) is 12.3. The second kappa shape index (κ2) is 49.3. The van der Waals surface area contributed by atoms with Gasteiger partial charge < -0.3 is 39.9 Å². The van der Waals surface area contributed by atoms with Gasteiger partial charge in [0.05, 0.1) is 13.2 Å². The molecular weight excluding hydrogens is 956 g/mol. The molecule has 12 nitrogen and oxygen atoms in total. The fourth-order valence-electron chi connectivity index (χ4n) is 7.94. The van der Waals surface area contributed by atoms with E-state index in [1.54, 1.807) is 0 Å². The Hall–Kier alpha value is -3.26. The summed E-state index contributed by atoms with van der Waals surface area (Å²) in [6.07, 6.45) is 59.7. The predicted octanol–water partition coefficient (Wildman–Crippen LogP) is 13.8. The highest BCUT2D eigenvalue weighted by Crippen LogP contribution is 2.47. The molecule has 6 atom stereocenters. The van der Waals surface area contributed by atoms with E-state index in [9.17, 15) is 39.8 Å². The minimum Gasteiger partial charge on any atom is -0.457 e. The fourth-order valence-corrected chi connectivity index (χ4v) is 8.91. The van der Waals surface area contributed by atoms with Gasteiger partial charge in [0.2, 0.25) is 0 Å². The van der Waals surface area contributed by atoms with Crippen LogP contribution in [-0.4, -0.2) is 98.9 Å². The molecule has 0 amide bonds. The van der Waals surface area contributed by atoms with E-state index in [-0.39, 0.29) is 13.0 Å². The number of esters is 1. The van der Waals surface area contributed by atoms with Crippen LogP contribution < -0.4 is 0 Å². The van der Waals surface area contributed by atoms with Crippen LogP contribution in [0.4, 0.5) is 0 Å². The van der Waals surface area contributed by atoms with Crippen molar-refractivity contribution in [2.24, 2.45) is 0 Å². The van der Waals surface area contributed by atoms with Crippen molar-refractivity contribution in [3.8, 4) is 0 Å². The van der Waals surface area contributed by atoms with E-state index in [4.69, 9.17) is 18.5 Å². The third kappa shape index (κ3) is 40.1. The molecule has 0 saturated heterocycles. The highest BCUT2D eigenvalue weighted by Gasteiger charge is 2.51. The van der Waals surface area contributed by atoms with E-state index in [0.717, 1.165) is 128 Å². The maximum atomic E-state index is 12.9. The molecule has 6 unspecified atom stereocenters. The molecule has 6 N–H and O–H groups in total. The molecule has 0 heterocycles. The monoisotopic (exact) mass is 1060 g/mol. The third-order valence-corrected chi connectivity index (χ3v) is 13.3. The summed E-state index contributed by atoms with van der Waals surface area (Å²) in [4.78, 5) is 23.3. The predicted molar refractivity (Wildman–Crippen MR) is 303 cm³/mol. The summed E-state index contributed by atoms with van der Waals surface area (Å²) in [6.45, 7) is 3.99. The molecule has 0 aliphatic heterocycles. The van der Waals surface area contributed by atoms with Gasteiger partial charge in [-0.05, 0) is 103 Å². The van der Waals surface area contributed by atoms with Gasteiger partial charge in [0.25, 0.3) is 0 Å². The molecule has 0 radical (unpaired) electrons. The van der Waals surface area contributed by atoms with Crippen LogP contribution in [0.15, 0.2) is 122 Å². The number of carbonyl (C=O) groups excluding carboxylic acids is 1. The molecule has 13 heteroatoms.